The van der Waals surface area contributed by atoms with Crippen molar-refractivity contribution in [2.24, 2.45) is 0 Å². The van der Waals surface area contributed by atoms with E-state index in [-0.39, 0.29) is 17.5 Å². The molecule has 1 atom stereocenters. The molecule has 1 aliphatic rings. The summed E-state index contributed by atoms with van der Waals surface area (Å²) in [5.41, 5.74) is 2.52. The Labute approximate surface area is 182 Å². The maximum atomic E-state index is 14.2. The molecule has 1 aliphatic heterocycles. The van der Waals surface area contributed by atoms with Crippen LogP contribution in [0.2, 0.25) is 5.02 Å². The van der Waals surface area contributed by atoms with E-state index in [0.29, 0.717) is 39.7 Å². The molecule has 1 amide bonds. The fourth-order valence-corrected chi connectivity index (χ4v) is 4.13. The number of nitrogens with zero attached hydrogens (tertiary/aromatic N) is 2. The van der Waals surface area contributed by atoms with E-state index >= 15 is 0 Å². The Morgan fingerprint density at radius 2 is 1.87 bits per heavy atom. The standard InChI is InChI=1S/C24H17ClF2N2O2/c25-16-6-3-14(4-7-16)24(30)29-11-1-2-21(29)23-28-20-12-15(5-10-22(20)31-23)18-9-8-17(26)13-19(18)27/h3-10,12-13,21H,1-2,11H2. The lowest BCUT2D eigenvalue weighted by Crippen LogP contribution is -2.30. The molecule has 0 saturated carbocycles. The fraction of sp³-hybridized carbons (Fsp3) is 0.167. The Hall–Kier alpha value is -3.25. The van der Waals surface area contributed by atoms with Crippen molar-refractivity contribution in [3.63, 3.8) is 0 Å². The first-order valence-electron chi connectivity index (χ1n) is 9.92. The number of rotatable bonds is 3. The Kier molecular flexibility index (Phi) is 4.94. The average Bonchev–Trinajstić information content (AvgIpc) is 3.40. The summed E-state index contributed by atoms with van der Waals surface area (Å²) in [6.07, 6.45) is 1.58. The number of hydrogen-bond acceptors (Lipinski definition) is 3. The summed E-state index contributed by atoms with van der Waals surface area (Å²) in [6, 6.07) is 15.1. The van der Waals surface area contributed by atoms with Crippen LogP contribution in [0.3, 0.4) is 0 Å². The Balaban J connectivity index is 1.47. The van der Waals surface area contributed by atoms with Gasteiger partial charge in [-0.1, -0.05) is 17.7 Å². The quantitative estimate of drug-likeness (QED) is 0.371. The van der Waals surface area contributed by atoms with Gasteiger partial charge in [-0.2, -0.15) is 0 Å². The third kappa shape index (κ3) is 3.68. The van der Waals surface area contributed by atoms with E-state index < -0.39 is 11.6 Å². The van der Waals surface area contributed by atoms with Gasteiger partial charge in [0.15, 0.2) is 5.58 Å². The highest BCUT2D eigenvalue weighted by atomic mass is 35.5. The highest BCUT2D eigenvalue weighted by Gasteiger charge is 2.34. The lowest BCUT2D eigenvalue weighted by Gasteiger charge is -2.22. The molecule has 3 aromatic carbocycles. The largest absolute Gasteiger partial charge is 0.438 e. The highest BCUT2D eigenvalue weighted by Crippen LogP contribution is 2.35. The van der Waals surface area contributed by atoms with Crippen LogP contribution >= 0.6 is 11.6 Å². The zero-order valence-electron chi connectivity index (χ0n) is 16.3. The van der Waals surface area contributed by atoms with Crippen molar-refractivity contribution in [3.05, 3.63) is 88.8 Å². The first-order chi connectivity index (χ1) is 15.0. The molecule has 0 radical (unpaired) electrons. The van der Waals surface area contributed by atoms with Crippen molar-refractivity contribution < 1.29 is 18.0 Å². The van der Waals surface area contributed by atoms with E-state index in [1.54, 1.807) is 47.4 Å². The minimum atomic E-state index is -0.640. The number of benzene rings is 3. The summed E-state index contributed by atoms with van der Waals surface area (Å²) in [6.45, 7) is 0.608. The molecule has 0 spiro atoms. The van der Waals surface area contributed by atoms with E-state index in [2.05, 4.69) is 4.98 Å². The minimum Gasteiger partial charge on any atom is -0.438 e. The number of fused-ring (bicyclic) bond motifs is 1. The second-order valence-corrected chi connectivity index (χ2v) is 7.96. The van der Waals surface area contributed by atoms with Gasteiger partial charge in [-0.15, -0.1) is 0 Å². The predicted molar refractivity (Wildman–Crippen MR) is 114 cm³/mol. The molecule has 31 heavy (non-hydrogen) atoms. The monoisotopic (exact) mass is 438 g/mol. The van der Waals surface area contributed by atoms with Crippen molar-refractivity contribution >= 4 is 28.6 Å². The van der Waals surface area contributed by atoms with E-state index in [4.69, 9.17) is 16.0 Å². The lowest BCUT2D eigenvalue weighted by atomic mass is 10.0. The number of aromatic nitrogens is 1. The van der Waals surface area contributed by atoms with Crippen molar-refractivity contribution in [1.29, 1.82) is 0 Å². The molecular formula is C24H17ClF2N2O2. The van der Waals surface area contributed by atoms with Crippen LogP contribution in [0.5, 0.6) is 0 Å². The normalized spacial score (nSPS) is 16.2. The number of carbonyl (C=O) groups excluding carboxylic acids is 1. The molecule has 1 aromatic heterocycles. The molecule has 0 bridgehead atoms. The second kappa shape index (κ2) is 7.78. The summed E-state index contributed by atoms with van der Waals surface area (Å²) in [4.78, 5) is 19.4. The Morgan fingerprint density at radius 1 is 1.06 bits per heavy atom. The van der Waals surface area contributed by atoms with Gasteiger partial charge in [-0.25, -0.2) is 13.8 Å². The maximum Gasteiger partial charge on any atom is 0.254 e. The number of oxazole rings is 1. The Bertz CT molecular complexity index is 1290. The molecule has 7 heteroatoms. The van der Waals surface area contributed by atoms with Gasteiger partial charge in [0.05, 0.1) is 0 Å². The van der Waals surface area contributed by atoms with Gasteiger partial charge in [0, 0.05) is 28.8 Å². The molecule has 1 unspecified atom stereocenters. The zero-order valence-corrected chi connectivity index (χ0v) is 17.1. The van der Waals surface area contributed by atoms with Gasteiger partial charge < -0.3 is 9.32 Å². The third-order valence-corrected chi connectivity index (χ3v) is 5.79. The number of carbonyl (C=O) groups is 1. The molecular weight excluding hydrogens is 422 g/mol. The minimum absolute atomic E-state index is 0.101. The van der Waals surface area contributed by atoms with Crippen LogP contribution in [0, 0.1) is 11.6 Å². The summed E-state index contributed by atoms with van der Waals surface area (Å²) in [5, 5.41) is 0.571. The molecule has 2 heterocycles. The third-order valence-electron chi connectivity index (χ3n) is 5.54. The van der Waals surface area contributed by atoms with Crippen LogP contribution in [-0.2, 0) is 0 Å². The Morgan fingerprint density at radius 3 is 2.65 bits per heavy atom. The molecule has 0 N–H and O–H groups in total. The number of hydrogen-bond donors (Lipinski definition) is 0. The first-order valence-corrected chi connectivity index (χ1v) is 10.3. The smallest absolute Gasteiger partial charge is 0.254 e. The summed E-state index contributed by atoms with van der Waals surface area (Å²) >= 11 is 5.93. The fourth-order valence-electron chi connectivity index (χ4n) is 4.00. The summed E-state index contributed by atoms with van der Waals surface area (Å²) < 4.78 is 33.4. The molecule has 5 rings (SSSR count). The van der Waals surface area contributed by atoms with Gasteiger partial charge in [-0.3, -0.25) is 4.79 Å². The van der Waals surface area contributed by atoms with Crippen LogP contribution < -0.4 is 0 Å². The number of halogens is 3. The van der Waals surface area contributed by atoms with Gasteiger partial charge >= 0.3 is 0 Å². The van der Waals surface area contributed by atoms with Gasteiger partial charge in [0.25, 0.3) is 5.91 Å². The van der Waals surface area contributed by atoms with Gasteiger partial charge in [-0.05, 0) is 66.9 Å². The van der Waals surface area contributed by atoms with Crippen molar-refractivity contribution in [1.82, 2.24) is 9.88 Å². The van der Waals surface area contributed by atoms with E-state index in [1.807, 2.05) is 0 Å². The average molecular weight is 439 g/mol. The predicted octanol–water partition coefficient (Wildman–Crippen LogP) is 6.40. The van der Waals surface area contributed by atoms with Crippen LogP contribution in [0.1, 0.15) is 35.1 Å². The van der Waals surface area contributed by atoms with E-state index in [0.717, 1.165) is 18.9 Å². The highest BCUT2D eigenvalue weighted by molar-refractivity contribution is 6.30. The van der Waals surface area contributed by atoms with Gasteiger partial charge in [0.2, 0.25) is 5.89 Å². The molecule has 4 aromatic rings. The maximum absolute atomic E-state index is 14.2. The molecule has 156 valence electrons. The SMILES string of the molecule is O=C(c1ccc(Cl)cc1)N1CCCC1c1nc2cc(-c3ccc(F)cc3F)ccc2o1. The molecule has 1 saturated heterocycles. The van der Waals surface area contributed by atoms with Crippen molar-refractivity contribution in [2.45, 2.75) is 18.9 Å². The first kappa shape index (κ1) is 19.7. The second-order valence-electron chi connectivity index (χ2n) is 7.52. The van der Waals surface area contributed by atoms with Crippen LogP contribution in [0.25, 0.3) is 22.2 Å². The summed E-state index contributed by atoms with van der Waals surface area (Å²) in [7, 11) is 0. The molecule has 0 aliphatic carbocycles. The van der Waals surface area contributed by atoms with Crippen LogP contribution in [0.4, 0.5) is 8.78 Å². The lowest BCUT2D eigenvalue weighted by molar-refractivity contribution is 0.0717. The van der Waals surface area contributed by atoms with Gasteiger partial charge in [0.1, 0.15) is 23.2 Å². The summed E-state index contributed by atoms with van der Waals surface area (Å²) in [5.74, 6) is -0.918. The van der Waals surface area contributed by atoms with Crippen LogP contribution in [0.15, 0.2) is 65.1 Å². The number of likely N-dealkylation sites (tertiary alicyclic amines) is 1. The van der Waals surface area contributed by atoms with Crippen molar-refractivity contribution in [2.75, 3.05) is 6.54 Å². The topological polar surface area (TPSA) is 46.3 Å². The molecule has 1 fully saturated rings. The van der Waals surface area contributed by atoms with Crippen LogP contribution in [-0.4, -0.2) is 22.3 Å². The number of amides is 1. The van der Waals surface area contributed by atoms with E-state index in [1.165, 1.54) is 12.1 Å². The van der Waals surface area contributed by atoms with E-state index in [9.17, 15) is 13.6 Å². The molecule has 4 nitrogen and oxygen atoms in total. The zero-order chi connectivity index (χ0) is 21.5. The van der Waals surface area contributed by atoms with Crippen molar-refractivity contribution in [3.8, 4) is 11.1 Å².